The summed E-state index contributed by atoms with van der Waals surface area (Å²) in [6, 6.07) is 1.73. The summed E-state index contributed by atoms with van der Waals surface area (Å²) >= 11 is 2.98. The Bertz CT molecular complexity index is 603. The summed E-state index contributed by atoms with van der Waals surface area (Å²) in [5.41, 5.74) is -0.0919. The van der Waals surface area contributed by atoms with E-state index in [-0.39, 0.29) is 16.1 Å². The number of rotatable bonds is 4. The number of benzene rings is 1. The Balaban J connectivity index is 3.26. The Hall–Kier alpha value is -0.990. The van der Waals surface area contributed by atoms with Crippen LogP contribution in [0, 0.1) is 5.82 Å². The van der Waals surface area contributed by atoms with Crippen LogP contribution in [0.2, 0.25) is 0 Å². The van der Waals surface area contributed by atoms with Crippen molar-refractivity contribution in [1.82, 2.24) is 0 Å². The van der Waals surface area contributed by atoms with Crippen LogP contribution in [0.3, 0.4) is 0 Å². The minimum Gasteiger partial charge on any atom is -0.459 e. The molecule has 0 saturated heterocycles. The van der Waals surface area contributed by atoms with E-state index in [2.05, 4.69) is 15.9 Å². The predicted molar refractivity (Wildman–Crippen MR) is 70.6 cm³/mol. The van der Waals surface area contributed by atoms with Crippen molar-refractivity contribution >= 4 is 31.9 Å². The molecule has 1 rings (SSSR count). The van der Waals surface area contributed by atoms with E-state index in [1.54, 1.807) is 6.92 Å². The summed E-state index contributed by atoms with van der Waals surface area (Å²) in [7, 11) is -4.24. The maximum atomic E-state index is 13.5. The van der Waals surface area contributed by atoms with Crippen LogP contribution < -0.4 is 5.14 Å². The van der Waals surface area contributed by atoms with Gasteiger partial charge in [-0.05, 0) is 41.4 Å². The largest absolute Gasteiger partial charge is 0.459 e. The number of halogens is 2. The maximum absolute atomic E-state index is 13.5. The lowest BCUT2D eigenvalue weighted by Gasteiger charge is -2.12. The number of esters is 1. The van der Waals surface area contributed by atoms with E-state index in [9.17, 15) is 17.6 Å². The average Bonchev–Trinajstić information content (AvgIpc) is 2.26. The average molecular weight is 354 g/mol. The van der Waals surface area contributed by atoms with E-state index in [1.165, 1.54) is 0 Å². The number of primary sulfonamides is 1. The van der Waals surface area contributed by atoms with Crippen LogP contribution in [0.1, 0.15) is 30.6 Å². The molecule has 0 aromatic heterocycles. The summed E-state index contributed by atoms with van der Waals surface area (Å²) in [5, 5.41) is 4.87. The Morgan fingerprint density at radius 3 is 2.58 bits per heavy atom. The van der Waals surface area contributed by atoms with Crippen LogP contribution in [-0.2, 0) is 14.8 Å². The van der Waals surface area contributed by atoms with Gasteiger partial charge in [-0.3, -0.25) is 0 Å². The predicted octanol–water partition coefficient (Wildman–Crippen LogP) is 2.19. The van der Waals surface area contributed by atoms with E-state index in [1.807, 2.05) is 6.92 Å². The fraction of sp³-hybridized carbons (Fsp3) is 0.364. The fourth-order valence-electron chi connectivity index (χ4n) is 1.23. The Kier molecular flexibility index (Phi) is 5.05. The summed E-state index contributed by atoms with van der Waals surface area (Å²) < 4.78 is 41.0. The minimum atomic E-state index is -4.24. The lowest BCUT2D eigenvalue weighted by Crippen LogP contribution is -2.18. The minimum absolute atomic E-state index is 0.0919. The number of carbonyl (C=O) groups is 1. The SMILES string of the molecule is CCC(C)OC(=O)c1cc(S(N)(=O)=O)c(F)cc1Br. The molecule has 0 aliphatic heterocycles. The molecule has 1 aromatic rings. The quantitative estimate of drug-likeness (QED) is 0.840. The van der Waals surface area contributed by atoms with Crippen molar-refractivity contribution in [2.24, 2.45) is 5.14 Å². The van der Waals surface area contributed by atoms with Crippen molar-refractivity contribution in [3.8, 4) is 0 Å². The number of hydrogen-bond donors (Lipinski definition) is 1. The van der Waals surface area contributed by atoms with E-state index >= 15 is 0 Å². The summed E-state index contributed by atoms with van der Waals surface area (Å²) in [6.07, 6.45) is 0.273. The molecule has 0 saturated carbocycles. The molecule has 0 spiro atoms. The fourth-order valence-corrected chi connectivity index (χ4v) is 2.32. The van der Waals surface area contributed by atoms with Crippen molar-refractivity contribution in [2.75, 3.05) is 0 Å². The Labute approximate surface area is 119 Å². The molecule has 1 atom stereocenters. The van der Waals surface area contributed by atoms with E-state index < -0.39 is 26.7 Å². The van der Waals surface area contributed by atoms with Gasteiger partial charge in [0.1, 0.15) is 10.7 Å². The zero-order chi connectivity index (χ0) is 14.8. The highest BCUT2D eigenvalue weighted by atomic mass is 79.9. The van der Waals surface area contributed by atoms with Gasteiger partial charge in [-0.1, -0.05) is 6.92 Å². The van der Waals surface area contributed by atoms with Gasteiger partial charge in [0.05, 0.1) is 11.7 Å². The van der Waals surface area contributed by atoms with Gasteiger partial charge in [0.25, 0.3) is 0 Å². The number of ether oxygens (including phenoxy) is 1. The van der Waals surface area contributed by atoms with Gasteiger partial charge < -0.3 is 4.74 Å². The van der Waals surface area contributed by atoms with Crippen molar-refractivity contribution in [1.29, 1.82) is 0 Å². The molecule has 0 heterocycles. The second-order valence-electron chi connectivity index (χ2n) is 3.93. The molecule has 0 amide bonds. The van der Waals surface area contributed by atoms with Gasteiger partial charge in [-0.2, -0.15) is 0 Å². The zero-order valence-electron chi connectivity index (χ0n) is 10.3. The molecule has 8 heteroatoms. The summed E-state index contributed by atoms with van der Waals surface area (Å²) in [6.45, 7) is 3.52. The molecule has 1 unspecified atom stereocenters. The Morgan fingerprint density at radius 1 is 1.53 bits per heavy atom. The third-order valence-electron chi connectivity index (χ3n) is 2.43. The number of hydrogen-bond acceptors (Lipinski definition) is 4. The molecular weight excluding hydrogens is 341 g/mol. The van der Waals surface area contributed by atoms with Crippen LogP contribution in [0.4, 0.5) is 4.39 Å². The lowest BCUT2D eigenvalue weighted by atomic mass is 10.2. The van der Waals surface area contributed by atoms with Gasteiger partial charge in [0.15, 0.2) is 0 Å². The molecule has 2 N–H and O–H groups in total. The first kappa shape index (κ1) is 16.1. The number of nitrogens with two attached hydrogens (primary N) is 1. The first-order valence-electron chi connectivity index (χ1n) is 5.39. The van der Waals surface area contributed by atoms with Gasteiger partial charge in [0.2, 0.25) is 10.0 Å². The van der Waals surface area contributed by atoms with E-state index in [0.717, 1.165) is 12.1 Å². The number of sulfonamides is 1. The van der Waals surface area contributed by atoms with Gasteiger partial charge in [0, 0.05) is 4.47 Å². The summed E-state index contributed by atoms with van der Waals surface area (Å²) in [4.78, 5) is 11.1. The van der Waals surface area contributed by atoms with Crippen LogP contribution in [0.25, 0.3) is 0 Å². The van der Waals surface area contributed by atoms with Crippen molar-refractivity contribution in [2.45, 2.75) is 31.3 Å². The molecule has 0 aliphatic carbocycles. The highest BCUT2D eigenvalue weighted by molar-refractivity contribution is 9.10. The first-order chi connectivity index (χ1) is 8.66. The second-order valence-corrected chi connectivity index (χ2v) is 6.32. The molecule has 1 aromatic carbocycles. The molecule has 0 radical (unpaired) electrons. The topological polar surface area (TPSA) is 86.5 Å². The van der Waals surface area contributed by atoms with Crippen LogP contribution in [-0.4, -0.2) is 20.5 Å². The zero-order valence-corrected chi connectivity index (χ0v) is 12.7. The van der Waals surface area contributed by atoms with E-state index in [0.29, 0.717) is 6.42 Å². The molecule has 19 heavy (non-hydrogen) atoms. The monoisotopic (exact) mass is 353 g/mol. The Morgan fingerprint density at radius 2 is 2.11 bits per heavy atom. The molecule has 0 aliphatic rings. The molecule has 0 fully saturated rings. The van der Waals surface area contributed by atoms with Gasteiger partial charge in [-0.15, -0.1) is 0 Å². The molecule has 106 valence electrons. The second kappa shape index (κ2) is 5.98. The molecular formula is C11H13BrFNO4S. The molecule has 5 nitrogen and oxygen atoms in total. The third-order valence-corrected chi connectivity index (χ3v) is 4.01. The normalized spacial score (nSPS) is 13.1. The smallest absolute Gasteiger partial charge is 0.339 e. The van der Waals surface area contributed by atoms with Crippen molar-refractivity contribution in [3.05, 3.63) is 28.0 Å². The number of carbonyl (C=O) groups excluding carboxylic acids is 1. The highest BCUT2D eigenvalue weighted by Crippen LogP contribution is 2.25. The highest BCUT2D eigenvalue weighted by Gasteiger charge is 2.22. The van der Waals surface area contributed by atoms with Crippen LogP contribution in [0.15, 0.2) is 21.5 Å². The lowest BCUT2D eigenvalue weighted by molar-refractivity contribution is 0.0333. The van der Waals surface area contributed by atoms with Gasteiger partial charge in [-0.25, -0.2) is 22.7 Å². The standard InChI is InChI=1S/C11H13BrFNO4S/c1-3-6(2)18-11(15)7-4-10(19(14,16)17)9(13)5-8(7)12/h4-6H,3H2,1-2H3,(H2,14,16,17). The van der Waals surface area contributed by atoms with Crippen molar-refractivity contribution < 1.29 is 22.3 Å². The summed E-state index contributed by atoms with van der Waals surface area (Å²) in [5.74, 6) is -1.78. The van der Waals surface area contributed by atoms with E-state index in [4.69, 9.17) is 9.88 Å². The third kappa shape index (κ3) is 3.99. The van der Waals surface area contributed by atoms with Crippen molar-refractivity contribution in [3.63, 3.8) is 0 Å². The van der Waals surface area contributed by atoms with Crippen LogP contribution >= 0.6 is 15.9 Å². The maximum Gasteiger partial charge on any atom is 0.339 e. The van der Waals surface area contributed by atoms with Crippen LogP contribution in [0.5, 0.6) is 0 Å². The van der Waals surface area contributed by atoms with Gasteiger partial charge >= 0.3 is 5.97 Å². The molecule has 0 bridgehead atoms. The first-order valence-corrected chi connectivity index (χ1v) is 7.73.